The molecule has 4 aliphatic carbocycles. The Morgan fingerprint density at radius 2 is 1.97 bits per heavy atom. The fourth-order valence-electron chi connectivity index (χ4n) is 7.01. The van der Waals surface area contributed by atoms with Gasteiger partial charge in [-0.2, -0.15) is 0 Å². The van der Waals surface area contributed by atoms with E-state index in [2.05, 4.69) is 30.4 Å². The van der Waals surface area contributed by atoms with Gasteiger partial charge in [0.2, 0.25) is 0 Å². The molecule has 0 radical (unpaired) electrons. The maximum atomic E-state index is 11.6. The van der Waals surface area contributed by atoms with E-state index in [1.807, 2.05) is 0 Å². The summed E-state index contributed by atoms with van der Waals surface area (Å²) < 4.78 is 0. The SMILES string of the molecule is C[C@@]12CC[C@@H]3[C@H](CCC4=C/C(=N/OCC(=O)NCC(=O)O)CC[C@@]43C)[C@H]1CC[C@@H]2O. The van der Waals surface area contributed by atoms with E-state index >= 15 is 0 Å². The van der Waals surface area contributed by atoms with Crippen molar-refractivity contribution in [2.24, 2.45) is 33.7 Å². The number of carbonyl (C=O) groups is 2. The third-order valence-electron chi connectivity index (χ3n) is 8.74. The van der Waals surface area contributed by atoms with Gasteiger partial charge < -0.3 is 20.4 Å². The number of amides is 1. The molecule has 3 saturated carbocycles. The van der Waals surface area contributed by atoms with Crippen LogP contribution in [0.1, 0.15) is 65.2 Å². The van der Waals surface area contributed by atoms with Gasteiger partial charge in [-0.15, -0.1) is 0 Å². The lowest BCUT2D eigenvalue weighted by Gasteiger charge is -2.57. The number of allylic oxidation sites excluding steroid dienone is 2. The van der Waals surface area contributed by atoms with Crippen LogP contribution in [0.15, 0.2) is 16.8 Å². The number of nitrogens with zero attached hydrogens (tertiary/aromatic N) is 1. The van der Waals surface area contributed by atoms with E-state index < -0.39 is 18.4 Å². The Labute approximate surface area is 177 Å². The zero-order valence-corrected chi connectivity index (χ0v) is 18.0. The summed E-state index contributed by atoms with van der Waals surface area (Å²) in [7, 11) is 0. The van der Waals surface area contributed by atoms with Gasteiger partial charge in [0, 0.05) is 0 Å². The number of aliphatic hydroxyl groups is 1. The molecule has 0 bridgehead atoms. The molecule has 6 atom stereocenters. The van der Waals surface area contributed by atoms with Crippen LogP contribution in [0.3, 0.4) is 0 Å². The maximum absolute atomic E-state index is 11.6. The summed E-state index contributed by atoms with van der Waals surface area (Å²) in [6.45, 7) is 4.04. The predicted octanol–water partition coefficient (Wildman–Crippen LogP) is 2.88. The van der Waals surface area contributed by atoms with Crippen molar-refractivity contribution in [3.63, 3.8) is 0 Å². The average molecular weight is 419 g/mol. The molecule has 30 heavy (non-hydrogen) atoms. The van der Waals surface area contributed by atoms with E-state index in [0.29, 0.717) is 17.8 Å². The monoisotopic (exact) mass is 418 g/mol. The number of nitrogens with one attached hydrogen (secondary N) is 1. The molecule has 0 aliphatic heterocycles. The highest BCUT2D eigenvalue weighted by Gasteiger charge is 2.58. The average Bonchev–Trinajstić information content (AvgIpc) is 3.01. The molecule has 4 rings (SSSR count). The lowest BCUT2D eigenvalue weighted by molar-refractivity contribution is -0.138. The summed E-state index contributed by atoms with van der Waals surface area (Å²) >= 11 is 0. The third kappa shape index (κ3) is 3.66. The zero-order valence-electron chi connectivity index (χ0n) is 18.0. The fourth-order valence-corrected chi connectivity index (χ4v) is 7.01. The molecule has 3 fully saturated rings. The number of aliphatic hydroxyl groups excluding tert-OH is 1. The zero-order chi connectivity index (χ0) is 21.5. The van der Waals surface area contributed by atoms with Gasteiger partial charge in [0.15, 0.2) is 6.61 Å². The number of hydrogen-bond donors (Lipinski definition) is 3. The van der Waals surface area contributed by atoms with E-state index in [0.717, 1.165) is 37.8 Å². The predicted molar refractivity (Wildman–Crippen MR) is 112 cm³/mol. The van der Waals surface area contributed by atoms with Crippen LogP contribution in [0.2, 0.25) is 0 Å². The van der Waals surface area contributed by atoms with Crippen molar-refractivity contribution in [1.29, 1.82) is 0 Å². The van der Waals surface area contributed by atoms with Gasteiger partial charge in [-0.1, -0.05) is 24.6 Å². The molecule has 7 nitrogen and oxygen atoms in total. The maximum Gasteiger partial charge on any atom is 0.322 e. The first-order chi connectivity index (χ1) is 14.2. The Balaban J connectivity index is 1.41. The first-order valence-corrected chi connectivity index (χ1v) is 11.3. The molecule has 0 spiro atoms. The smallest absolute Gasteiger partial charge is 0.322 e. The molecule has 0 aromatic rings. The summed E-state index contributed by atoms with van der Waals surface area (Å²) in [6, 6.07) is 0. The van der Waals surface area contributed by atoms with Crippen LogP contribution in [0.4, 0.5) is 0 Å². The molecule has 0 saturated heterocycles. The van der Waals surface area contributed by atoms with Crippen molar-refractivity contribution in [3.8, 4) is 0 Å². The minimum Gasteiger partial charge on any atom is -0.480 e. The van der Waals surface area contributed by atoms with Crippen LogP contribution in [0, 0.1) is 28.6 Å². The fraction of sp³-hybridized carbons (Fsp3) is 0.783. The first kappa shape index (κ1) is 21.3. The van der Waals surface area contributed by atoms with Crippen LogP contribution in [0.25, 0.3) is 0 Å². The normalized spacial score (nSPS) is 41.3. The van der Waals surface area contributed by atoms with Gasteiger partial charge >= 0.3 is 5.97 Å². The Hall–Kier alpha value is -1.89. The van der Waals surface area contributed by atoms with E-state index in [9.17, 15) is 14.7 Å². The molecule has 1 amide bonds. The second-order valence-electron chi connectivity index (χ2n) is 10.2. The molecule has 0 aromatic carbocycles. The summed E-state index contributed by atoms with van der Waals surface area (Å²) in [5.74, 6) is 0.449. The van der Waals surface area contributed by atoms with E-state index in [1.165, 1.54) is 24.8 Å². The van der Waals surface area contributed by atoms with E-state index in [4.69, 9.17) is 9.94 Å². The third-order valence-corrected chi connectivity index (χ3v) is 8.74. The summed E-state index contributed by atoms with van der Waals surface area (Å²) in [4.78, 5) is 27.2. The topological polar surface area (TPSA) is 108 Å². The van der Waals surface area contributed by atoms with Crippen LogP contribution in [0.5, 0.6) is 0 Å². The van der Waals surface area contributed by atoms with Crippen LogP contribution < -0.4 is 5.32 Å². The summed E-state index contributed by atoms with van der Waals surface area (Å²) in [5, 5.41) is 25.6. The number of aliphatic carboxylic acids is 1. The van der Waals surface area contributed by atoms with Gasteiger partial charge in [-0.3, -0.25) is 9.59 Å². The van der Waals surface area contributed by atoms with Gasteiger partial charge in [0.25, 0.3) is 5.91 Å². The van der Waals surface area contributed by atoms with Gasteiger partial charge in [0.05, 0.1) is 11.8 Å². The molecule has 0 unspecified atom stereocenters. The lowest BCUT2D eigenvalue weighted by Crippen LogP contribution is -2.51. The Morgan fingerprint density at radius 3 is 2.73 bits per heavy atom. The van der Waals surface area contributed by atoms with E-state index in [1.54, 1.807) is 0 Å². The van der Waals surface area contributed by atoms with Crippen molar-refractivity contribution in [2.75, 3.05) is 13.2 Å². The number of carboxylic acid groups (broad SMARTS) is 1. The molecular formula is C23H34N2O5. The molecular weight excluding hydrogens is 384 g/mol. The van der Waals surface area contributed by atoms with Gasteiger partial charge in [-0.05, 0) is 86.0 Å². The largest absolute Gasteiger partial charge is 0.480 e. The second kappa shape index (κ2) is 7.98. The van der Waals surface area contributed by atoms with Crippen LogP contribution in [-0.4, -0.2) is 47.1 Å². The number of hydrogen-bond acceptors (Lipinski definition) is 5. The van der Waals surface area contributed by atoms with Gasteiger partial charge in [-0.25, -0.2) is 0 Å². The Bertz CT molecular complexity index is 778. The molecule has 7 heteroatoms. The van der Waals surface area contributed by atoms with Crippen molar-refractivity contribution >= 4 is 17.6 Å². The first-order valence-electron chi connectivity index (χ1n) is 11.3. The highest BCUT2D eigenvalue weighted by molar-refractivity contribution is 5.96. The molecule has 3 N–H and O–H groups in total. The molecule has 4 aliphatic rings. The standard InChI is InChI=1S/C23H34N2O5/c1-22-9-7-15(25-30-13-20(27)24-12-21(28)29)11-14(22)3-4-16-17-5-6-19(26)23(17,2)10-8-18(16)22/h11,16-19,26H,3-10,12-13H2,1-2H3,(H,24,27)(H,28,29)/b25-15+/t16-,17-,18-,19+,22+,23-/m1/s1. The molecule has 166 valence electrons. The number of fused-ring (bicyclic) bond motifs is 5. The number of carboxylic acids is 1. The van der Waals surface area contributed by atoms with E-state index in [-0.39, 0.29) is 23.5 Å². The van der Waals surface area contributed by atoms with Crippen LogP contribution in [-0.2, 0) is 14.4 Å². The second-order valence-corrected chi connectivity index (χ2v) is 10.2. The minimum absolute atomic E-state index is 0.106. The van der Waals surface area contributed by atoms with Crippen LogP contribution >= 0.6 is 0 Å². The van der Waals surface area contributed by atoms with Gasteiger partial charge in [0.1, 0.15) is 6.54 Å². The molecule has 0 aromatic heterocycles. The number of rotatable bonds is 5. The number of carbonyl (C=O) groups excluding carboxylic acids is 1. The summed E-state index contributed by atoms with van der Waals surface area (Å²) in [5.41, 5.74) is 2.61. The van der Waals surface area contributed by atoms with Crippen molar-refractivity contribution in [2.45, 2.75) is 71.3 Å². The lowest BCUT2D eigenvalue weighted by atomic mass is 9.47. The Morgan fingerprint density at radius 1 is 1.17 bits per heavy atom. The highest BCUT2D eigenvalue weighted by Crippen LogP contribution is 2.65. The minimum atomic E-state index is -1.09. The highest BCUT2D eigenvalue weighted by atomic mass is 16.6. The number of oxime groups is 1. The molecule has 0 heterocycles. The quantitative estimate of drug-likeness (QED) is 0.595. The summed E-state index contributed by atoms with van der Waals surface area (Å²) in [6.07, 6.45) is 10.6. The van der Waals surface area contributed by atoms with Crippen molar-refractivity contribution < 1.29 is 24.6 Å². The van der Waals surface area contributed by atoms with Crippen molar-refractivity contribution in [1.82, 2.24) is 5.32 Å². The van der Waals surface area contributed by atoms with Crippen molar-refractivity contribution in [3.05, 3.63) is 11.6 Å². The Kier molecular flexibility index (Phi) is 5.68.